The van der Waals surface area contributed by atoms with Crippen LogP contribution < -0.4 is 0 Å². The van der Waals surface area contributed by atoms with Crippen LogP contribution in [-0.4, -0.2) is 62.1 Å². The number of hydrogen-bond donors (Lipinski definition) is 0. The second kappa shape index (κ2) is 11.8. The van der Waals surface area contributed by atoms with Crippen LogP contribution in [0.1, 0.15) is 46.0 Å². The average Bonchev–Trinajstić information content (AvgIpc) is 3.06. The maximum absolute atomic E-state index is 11.5. The summed E-state index contributed by atoms with van der Waals surface area (Å²) in [6.07, 6.45) is 7.59. The standard InChI is InChI=1S/C17H35NO4PS.H2O/c1-7-9-11-14(8-2)24-16(15-12-10-13-21-15)17(20-6,22-23-19)18(3,4)5;/h8,15-16H,7,9-13,23H2,1-6H3;1H2/q+1;/p-1. The van der Waals surface area contributed by atoms with Crippen molar-refractivity contribution in [3.05, 3.63) is 11.0 Å². The highest BCUT2D eigenvalue weighted by Crippen LogP contribution is 2.44. The summed E-state index contributed by atoms with van der Waals surface area (Å²) in [6.45, 7) is 5.04. The lowest BCUT2D eigenvalue weighted by atomic mass is 10.1. The van der Waals surface area contributed by atoms with Crippen molar-refractivity contribution in [2.24, 2.45) is 0 Å². The largest absolute Gasteiger partial charge is 0.870 e. The van der Waals surface area contributed by atoms with Gasteiger partial charge in [0, 0.05) is 13.7 Å². The molecule has 0 aromatic heterocycles. The number of rotatable bonds is 11. The summed E-state index contributed by atoms with van der Waals surface area (Å²) in [4.78, 5) is 1.32. The fraction of sp³-hybridized carbons (Fsp3) is 0.882. The van der Waals surface area contributed by atoms with Gasteiger partial charge in [-0.2, -0.15) is 0 Å². The lowest BCUT2D eigenvalue weighted by Gasteiger charge is -2.47. The first kappa shape index (κ1) is 25.1. The molecule has 150 valence electrons. The molecule has 0 saturated carbocycles. The Balaban J connectivity index is 0.00000576. The molecule has 1 aliphatic rings. The van der Waals surface area contributed by atoms with Crippen molar-refractivity contribution in [1.29, 1.82) is 0 Å². The van der Waals surface area contributed by atoms with Crippen LogP contribution in [0.5, 0.6) is 0 Å². The first-order chi connectivity index (χ1) is 11.4. The first-order valence-electron chi connectivity index (χ1n) is 8.77. The second-order valence-electron chi connectivity index (χ2n) is 7.01. The molecule has 8 heteroatoms. The molecule has 1 heterocycles. The number of hydrogen-bond acceptors (Lipinski definition) is 6. The van der Waals surface area contributed by atoms with Crippen molar-refractivity contribution < 1.29 is 28.5 Å². The highest BCUT2D eigenvalue weighted by atomic mass is 32.2. The quantitative estimate of drug-likeness (QED) is 0.299. The first-order valence-corrected chi connectivity index (χ1v) is 10.6. The molecule has 6 nitrogen and oxygen atoms in total. The topological polar surface area (TPSA) is 74.8 Å². The molecule has 1 saturated heterocycles. The van der Waals surface area contributed by atoms with E-state index in [1.165, 1.54) is 4.91 Å². The molecule has 4 atom stereocenters. The molecule has 25 heavy (non-hydrogen) atoms. The predicted molar refractivity (Wildman–Crippen MR) is 105 cm³/mol. The van der Waals surface area contributed by atoms with Crippen LogP contribution in [0.25, 0.3) is 0 Å². The second-order valence-corrected chi connectivity index (χ2v) is 8.71. The Bertz CT molecular complexity index is 424. The summed E-state index contributed by atoms with van der Waals surface area (Å²) in [7, 11) is 6.31. The third-order valence-corrected chi connectivity index (χ3v) is 6.52. The van der Waals surface area contributed by atoms with Crippen LogP contribution in [0, 0.1) is 0 Å². The minimum atomic E-state index is -1.38. The van der Waals surface area contributed by atoms with E-state index in [1.807, 2.05) is 21.1 Å². The molecule has 0 aromatic rings. The molecule has 0 bridgehead atoms. The van der Waals surface area contributed by atoms with Gasteiger partial charge >= 0.3 is 5.91 Å². The van der Waals surface area contributed by atoms with Crippen LogP contribution in [0.15, 0.2) is 11.0 Å². The molecular formula is C17H36NO5PS. The zero-order valence-corrected chi connectivity index (χ0v) is 18.5. The Morgan fingerprint density at radius 2 is 2.16 bits per heavy atom. The maximum atomic E-state index is 11.5. The molecule has 0 radical (unpaired) electrons. The average molecular weight is 398 g/mol. The maximum Gasteiger partial charge on any atom is 0.338 e. The minimum Gasteiger partial charge on any atom is -0.870 e. The third-order valence-electron chi connectivity index (χ3n) is 4.48. The van der Waals surface area contributed by atoms with E-state index in [-0.39, 0.29) is 16.8 Å². The molecule has 0 aliphatic carbocycles. The number of quaternary nitrogens is 1. The van der Waals surface area contributed by atoms with E-state index in [4.69, 9.17) is 14.0 Å². The number of thioether (sulfide) groups is 1. The molecule has 4 unspecified atom stereocenters. The summed E-state index contributed by atoms with van der Waals surface area (Å²) in [5.41, 5.74) is 0. The van der Waals surface area contributed by atoms with Crippen molar-refractivity contribution in [3.63, 3.8) is 0 Å². The molecular weight excluding hydrogens is 361 g/mol. The third kappa shape index (κ3) is 6.35. The van der Waals surface area contributed by atoms with E-state index < -0.39 is 14.6 Å². The highest BCUT2D eigenvalue weighted by Gasteiger charge is 2.57. The van der Waals surface area contributed by atoms with Gasteiger partial charge in [0.25, 0.3) is 0 Å². The number of allylic oxidation sites excluding steroid dienone is 2. The normalized spacial score (nSPS) is 22.8. The van der Waals surface area contributed by atoms with Crippen molar-refractivity contribution in [2.75, 3.05) is 34.9 Å². The highest BCUT2D eigenvalue weighted by molar-refractivity contribution is 8.03. The molecule has 0 spiro atoms. The van der Waals surface area contributed by atoms with E-state index in [1.54, 1.807) is 18.9 Å². The smallest absolute Gasteiger partial charge is 0.338 e. The Hall–Kier alpha value is 0.120. The number of methoxy groups -OCH3 is 1. The summed E-state index contributed by atoms with van der Waals surface area (Å²) in [5, 5.41) is -0.0745. The summed E-state index contributed by atoms with van der Waals surface area (Å²) < 4.78 is 29.6. The van der Waals surface area contributed by atoms with Gasteiger partial charge in [0.05, 0.1) is 27.2 Å². The molecule has 1 rings (SSSR count). The van der Waals surface area contributed by atoms with Gasteiger partial charge in [-0.05, 0) is 37.5 Å². The predicted octanol–water partition coefficient (Wildman–Crippen LogP) is 3.88. The summed E-state index contributed by atoms with van der Waals surface area (Å²) in [5.74, 6) is -1.00. The van der Waals surface area contributed by atoms with Crippen LogP contribution >= 0.6 is 20.4 Å². The van der Waals surface area contributed by atoms with E-state index in [0.29, 0.717) is 4.48 Å². The van der Waals surface area contributed by atoms with Gasteiger partial charge in [-0.1, -0.05) is 19.4 Å². The summed E-state index contributed by atoms with van der Waals surface area (Å²) >= 11 is 1.77. The fourth-order valence-corrected chi connectivity index (χ4v) is 5.63. The lowest BCUT2D eigenvalue weighted by molar-refractivity contribution is -0.974. The Kier molecular flexibility index (Phi) is 11.8. The molecule has 1 N–H and O–H groups in total. The van der Waals surface area contributed by atoms with Gasteiger partial charge in [-0.25, -0.2) is 4.52 Å². The van der Waals surface area contributed by atoms with E-state index in [9.17, 15) is 4.57 Å². The van der Waals surface area contributed by atoms with Crippen molar-refractivity contribution >= 4 is 20.4 Å². The monoisotopic (exact) mass is 397 g/mol. The van der Waals surface area contributed by atoms with Gasteiger partial charge in [0.1, 0.15) is 5.25 Å². The van der Waals surface area contributed by atoms with Crippen LogP contribution in [-0.2, 0) is 18.6 Å². The summed E-state index contributed by atoms with van der Waals surface area (Å²) in [6, 6.07) is 0. The lowest BCUT2D eigenvalue weighted by Crippen LogP contribution is -2.66. The van der Waals surface area contributed by atoms with Gasteiger partial charge in [-0.3, -0.25) is 9.05 Å². The van der Waals surface area contributed by atoms with E-state index in [2.05, 4.69) is 19.9 Å². The molecule has 0 amide bonds. The van der Waals surface area contributed by atoms with Gasteiger partial charge in [0.2, 0.25) is 0 Å². The fourth-order valence-electron chi connectivity index (χ4n) is 3.13. The van der Waals surface area contributed by atoms with Crippen molar-refractivity contribution in [3.8, 4) is 0 Å². The zero-order valence-electron chi connectivity index (χ0n) is 16.5. The van der Waals surface area contributed by atoms with Gasteiger partial charge in [-0.15, -0.1) is 11.8 Å². The van der Waals surface area contributed by atoms with Crippen molar-refractivity contribution in [1.82, 2.24) is 0 Å². The zero-order chi connectivity index (χ0) is 18.2. The van der Waals surface area contributed by atoms with E-state index in [0.717, 1.165) is 38.7 Å². The Labute approximate surface area is 158 Å². The van der Waals surface area contributed by atoms with Crippen LogP contribution in [0.2, 0.25) is 0 Å². The Morgan fingerprint density at radius 3 is 2.56 bits per heavy atom. The van der Waals surface area contributed by atoms with E-state index >= 15 is 0 Å². The van der Waals surface area contributed by atoms with Crippen LogP contribution in [0.4, 0.5) is 0 Å². The number of ether oxygens (including phenoxy) is 2. The number of nitrogens with zero attached hydrogens (tertiary/aromatic N) is 1. The molecule has 1 aliphatic heterocycles. The van der Waals surface area contributed by atoms with Crippen molar-refractivity contribution in [2.45, 2.75) is 63.2 Å². The Morgan fingerprint density at radius 1 is 1.48 bits per heavy atom. The van der Waals surface area contributed by atoms with Gasteiger partial charge < -0.3 is 14.9 Å². The minimum absolute atomic E-state index is 0. The van der Waals surface area contributed by atoms with Gasteiger partial charge in [0.15, 0.2) is 8.69 Å². The van der Waals surface area contributed by atoms with Crippen LogP contribution in [0.3, 0.4) is 0 Å². The molecule has 1 fully saturated rings. The molecule has 0 aromatic carbocycles. The SMILES string of the molecule is CC=C(CCCC)SC(C1CCCO1)C(OC)(O[PH2]=O)[N+](C)(C)C.[OH-]. The number of unbranched alkanes of at least 4 members (excludes halogenated alkanes) is 1.